The summed E-state index contributed by atoms with van der Waals surface area (Å²) in [5, 5.41) is 0. The SMILES string of the molecule is CC1(c2ccccc2)c2ccccc2-c2cc3c(c(-c4ccc(-c5nc(-c6ccccc6)nc(-c6ccccc6)n5)cc4)c21)Cc1ccccc1-3. The lowest BCUT2D eigenvalue weighted by atomic mass is 9.71. The molecule has 0 saturated heterocycles. The first-order valence-corrected chi connectivity index (χ1v) is 17.6. The quantitative estimate of drug-likeness (QED) is 0.186. The summed E-state index contributed by atoms with van der Waals surface area (Å²) >= 11 is 0. The molecule has 7 aromatic carbocycles. The van der Waals surface area contributed by atoms with Crippen LogP contribution in [0.2, 0.25) is 0 Å². The van der Waals surface area contributed by atoms with Crippen LogP contribution in [0, 0.1) is 0 Å². The van der Waals surface area contributed by atoms with Crippen LogP contribution in [0.4, 0.5) is 0 Å². The van der Waals surface area contributed by atoms with Gasteiger partial charge in [-0.3, -0.25) is 0 Å². The van der Waals surface area contributed by atoms with E-state index in [1.54, 1.807) is 0 Å². The van der Waals surface area contributed by atoms with E-state index in [-0.39, 0.29) is 5.41 Å². The second-order valence-electron chi connectivity index (χ2n) is 13.7. The van der Waals surface area contributed by atoms with Gasteiger partial charge in [-0.15, -0.1) is 0 Å². The Bertz CT molecular complexity index is 2540. The first-order chi connectivity index (χ1) is 25.2. The third kappa shape index (κ3) is 4.62. The van der Waals surface area contributed by atoms with Crippen molar-refractivity contribution in [2.75, 3.05) is 0 Å². The van der Waals surface area contributed by atoms with Crippen molar-refractivity contribution >= 4 is 0 Å². The second kappa shape index (κ2) is 11.6. The van der Waals surface area contributed by atoms with Crippen molar-refractivity contribution in [3.63, 3.8) is 0 Å². The second-order valence-corrected chi connectivity index (χ2v) is 13.7. The zero-order valence-electron chi connectivity index (χ0n) is 28.2. The molecule has 2 aliphatic rings. The zero-order valence-corrected chi connectivity index (χ0v) is 28.2. The minimum atomic E-state index is -0.325. The Morgan fingerprint density at radius 1 is 0.431 bits per heavy atom. The summed E-state index contributed by atoms with van der Waals surface area (Å²) in [5.74, 6) is 1.99. The van der Waals surface area contributed by atoms with Gasteiger partial charge in [0.2, 0.25) is 0 Å². The van der Waals surface area contributed by atoms with Gasteiger partial charge in [0, 0.05) is 22.1 Å². The highest BCUT2D eigenvalue weighted by Gasteiger charge is 2.44. The average Bonchev–Trinajstić information content (AvgIpc) is 3.71. The predicted octanol–water partition coefficient (Wildman–Crippen LogP) is 11.4. The van der Waals surface area contributed by atoms with Crippen LogP contribution in [0.3, 0.4) is 0 Å². The summed E-state index contributed by atoms with van der Waals surface area (Å²) in [5.41, 5.74) is 17.2. The summed E-state index contributed by atoms with van der Waals surface area (Å²) in [7, 11) is 0. The van der Waals surface area contributed by atoms with Crippen LogP contribution in [0.1, 0.15) is 34.7 Å². The molecule has 51 heavy (non-hydrogen) atoms. The maximum absolute atomic E-state index is 5.01. The maximum atomic E-state index is 5.01. The van der Waals surface area contributed by atoms with Crippen LogP contribution in [0.5, 0.6) is 0 Å². The van der Waals surface area contributed by atoms with Crippen molar-refractivity contribution in [1.82, 2.24) is 15.0 Å². The minimum Gasteiger partial charge on any atom is -0.208 e. The van der Waals surface area contributed by atoms with Crippen molar-refractivity contribution in [3.05, 3.63) is 198 Å². The van der Waals surface area contributed by atoms with E-state index in [2.05, 4.69) is 116 Å². The number of hydrogen-bond acceptors (Lipinski definition) is 3. The Morgan fingerprint density at radius 2 is 0.922 bits per heavy atom. The molecule has 0 spiro atoms. The van der Waals surface area contributed by atoms with Gasteiger partial charge >= 0.3 is 0 Å². The molecule has 0 N–H and O–H groups in total. The van der Waals surface area contributed by atoms with Gasteiger partial charge in [-0.25, -0.2) is 15.0 Å². The van der Waals surface area contributed by atoms with Gasteiger partial charge in [-0.05, 0) is 80.6 Å². The first-order valence-electron chi connectivity index (χ1n) is 17.6. The molecule has 3 nitrogen and oxygen atoms in total. The van der Waals surface area contributed by atoms with Gasteiger partial charge in [0.1, 0.15) is 0 Å². The summed E-state index contributed by atoms with van der Waals surface area (Å²) in [6.45, 7) is 2.42. The average molecular weight is 652 g/mol. The molecule has 0 amide bonds. The van der Waals surface area contributed by atoms with Crippen LogP contribution in [0.25, 0.3) is 67.5 Å². The highest BCUT2D eigenvalue weighted by atomic mass is 15.0. The fourth-order valence-corrected chi connectivity index (χ4v) is 8.41. The predicted molar refractivity (Wildman–Crippen MR) is 207 cm³/mol. The molecular weight excluding hydrogens is 619 g/mol. The molecule has 0 bridgehead atoms. The molecule has 0 saturated carbocycles. The molecule has 3 heteroatoms. The Balaban J connectivity index is 1.18. The van der Waals surface area contributed by atoms with E-state index in [9.17, 15) is 0 Å². The summed E-state index contributed by atoms with van der Waals surface area (Å²) < 4.78 is 0. The third-order valence-corrected chi connectivity index (χ3v) is 10.8. The lowest BCUT2D eigenvalue weighted by Crippen LogP contribution is -2.23. The van der Waals surface area contributed by atoms with Crippen LogP contribution in [-0.2, 0) is 11.8 Å². The molecule has 10 rings (SSSR count). The van der Waals surface area contributed by atoms with Gasteiger partial charge in [-0.2, -0.15) is 0 Å². The fraction of sp³-hybridized carbons (Fsp3) is 0.0625. The van der Waals surface area contributed by atoms with E-state index in [0.717, 1.165) is 23.1 Å². The van der Waals surface area contributed by atoms with E-state index >= 15 is 0 Å². The largest absolute Gasteiger partial charge is 0.208 e. The van der Waals surface area contributed by atoms with E-state index in [1.165, 1.54) is 61.2 Å². The smallest absolute Gasteiger partial charge is 0.164 e. The van der Waals surface area contributed by atoms with Gasteiger partial charge in [-0.1, -0.05) is 164 Å². The van der Waals surface area contributed by atoms with Crippen molar-refractivity contribution in [1.29, 1.82) is 0 Å². The Labute approximate surface area is 298 Å². The fourth-order valence-electron chi connectivity index (χ4n) is 8.41. The number of hydrogen-bond donors (Lipinski definition) is 0. The molecular formula is C48H33N3. The molecule has 0 fully saturated rings. The van der Waals surface area contributed by atoms with Crippen molar-refractivity contribution in [2.24, 2.45) is 0 Å². The van der Waals surface area contributed by atoms with Crippen LogP contribution in [0.15, 0.2) is 170 Å². The normalized spacial score (nSPS) is 15.2. The highest BCUT2D eigenvalue weighted by molar-refractivity contribution is 5.98. The standard InChI is InChI=1S/C48H33N3/c1-48(36-20-9-4-10-21-36)42-24-14-13-23-38(42)41-30-39-37-22-12-11-19-35(37)29-40(39)43(44(41)48)31-25-27-34(28-26-31)47-50-45(32-15-5-2-6-16-32)49-46(51-47)33-17-7-3-8-18-33/h2-28,30H,29H2,1H3. The monoisotopic (exact) mass is 651 g/mol. The zero-order chi connectivity index (χ0) is 33.9. The van der Waals surface area contributed by atoms with Crippen molar-refractivity contribution in [3.8, 4) is 67.5 Å². The van der Waals surface area contributed by atoms with Crippen LogP contribution < -0.4 is 0 Å². The van der Waals surface area contributed by atoms with Crippen molar-refractivity contribution < 1.29 is 0 Å². The lowest BCUT2D eigenvalue weighted by molar-refractivity contribution is 0.715. The molecule has 1 heterocycles. The molecule has 2 aliphatic carbocycles. The first kappa shape index (κ1) is 29.5. The van der Waals surface area contributed by atoms with Gasteiger partial charge in [0.05, 0.1) is 0 Å². The third-order valence-electron chi connectivity index (χ3n) is 10.8. The van der Waals surface area contributed by atoms with E-state index < -0.39 is 0 Å². The lowest BCUT2D eigenvalue weighted by Gasteiger charge is -2.31. The van der Waals surface area contributed by atoms with Crippen LogP contribution >= 0.6 is 0 Å². The molecule has 1 atom stereocenters. The minimum absolute atomic E-state index is 0.325. The molecule has 8 aromatic rings. The molecule has 0 radical (unpaired) electrons. The summed E-state index contributed by atoms with van der Waals surface area (Å²) in [6, 6.07) is 60.6. The van der Waals surface area contributed by atoms with Gasteiger partial charge < -0.3 is 0 Å². The number of rotatable bonds is 5. The van der Waals surface area contributed by atoms with Gasteiger partial charge in [0.15, 0.2) is 17.5 Å². The molecule has 0 aliphatic heterocycles. The van der Waals surface area contributed by atoms with Crippen LogP contribution in [-0.4, -0.2) is 15.0 Å². The Hall–Kier alpha value is -6.45. The molecule has 1 aromatic heterocycles. The topological polar surface area (TPSA) is 38.7 Å². The summed E-state index contributed by atoms with van der Waals surface area (Å²) in [4.78, 5) is 14.9. The van der Waals surface area contributed by atoms with Gasteiger partial charge in [0.25, 0.3) is 0 Å². The Kier molecular flexibility index (Phi) is 6.68. The molecule has 240 valence electrons. The molecule has 1 unspecified atom stereocenters. The number of benzene rings is 7. The number of fused-ring (bicyclic) bond motifs is 6. The number of nitrogens with zero attached hydrogens (tertiary/aromatic N) is 3. The van der Waals surface area contributed by atoms with Crippen molar-refractivity contribution in [2.45, 2.75) is 18.8 Å². The van der Waals surface area contributed by atoms with E-state index in [1.807, 2.05) is 60.7 Å². The Morgan fingerprint density at radius 3 is 1.55 bits per heavy atom. The van der Waals surface area contributed by atoms with E-state index in [0.29, 0.717) is 17.5 Å². The maximum Gasteiger partial charge on any atom is 0.164 e. The van der Waals surface area contributed by atoms with E-state index in [4.69, 9.17) is 15.0 Å². The number of aromatic nitrogens is 3. The highest BCUT2D eigenvalue weighted by Crippen LogP contribution is 2.59. The summed E-state index contributed by atoms with van der Waals surface area (Å²) in [6.07, 6.45) is 0.908.